The standard InChI is InChI=1S/C13H18N2O2/c1-2-3-4-5-10-14-15-13(17)11-6-8-12(16)9-7-11/h6-10,16H,2-5H2,1H3,(H,15,17)/b14-10+. The molecule has 1 aromatic carbocycles. The van der Waals surface area contributed by atoms with Crippen molar-refractivity contribution in [1.82, 2.24) is 5.43 Å². The molecule has 0 spiro atoms. The number of hydrogen-bond acceptors (Lipinski definition) is 3. The van der Waals surface area contributed by atoms with E-state index in [1.165, 1.54) is 25.0 Å². The number of rotatable bonds is 6. The molecule has 0 aliphatic carbocycles. The minimum atomic E-state index is -0.267. The van der Waals surface area contributed by atoms with Gasteiger partial charge in [0.2, 0.25) is 0 Å². The van der Waals surface area contributed by atoms with Gasteiger partial charge in [-0.2, -0.15) is 5.10 Å². The Morgan fingerprint density at radius 2 is 2.06 bits per heavy atom. The fraction of sp³-hybridized carbons (Fsp3) is 0.385. The molecule has 0 fully saturated rings. The summed E-state index contributed by atoms with van der Waals surface area (Å²) in [5.41, 5.74) is 2.92. The number of phenols is 1. The molecule has 0 aliphatic heterocycles. The molecule has 0 unspecified atom stereocenters. The molecular formula is C13H18N2O2. The van der Waals surface area contributed by atoms with E-state index in [1.54, 1.807) is 18.3 Å². The fourth-order valence-corrected chi connectivity index (χ4v) is 1.33. The maximum atomic E-state index is 11.5. The van der Waals surface area contributed by atoms with Gasteiger partial charge in [0.15, 0.2) is 0 Å². The third-order valence-electron chi connectivity index (χ3n) is 2.32. The summed E-state index contributed by atoms with van der Waals surface area (Å²) in [5, 5.41) is 12.9. The number of nitrogens with zero attached hydrogens (tertiary/aromatic N) is 1. The van der Waals surface area contributed by atoms with Crippen LogP contribution in [0.3, 0.4) is 0 Å². The van der Waals surface area contributed by atoms with Gasteiger partial charge in [0.25, 0.3) is 5.91 Å². The minimum Gasteiger partial charge on any atom is -0.508 e. The van der Waals surface area contributed by atoms with Crippen molar-refractivity contribution < 1.29 is 9.90 Å². The predicted octanol–water partition coefficient (Wildman–Crippen LogP) is 2.69. The molecule has 0 heterocycles. The van der Waals surface area contributed by atoms with Gasteiger partial charge in [0, 0.05) is 11.8 Å². The van der Waals surface area contributed by atoms with Crippen molar-refractivity contribution in [2.45, 2.75) is 32.6 Å². The molecule has 0 aromatic heterocycles. The largest absolute Gasteiger partial charge is 0.508 e. The molecule has 1 amide bonds. The van der Waals surface area contributed by atoms with Gasteiger partial charge in [-0.1, -0.05) is 19.8 Å². The Balaban J connectivity index is 2.32. The van der Waals surface area contributed by atoms with Crippen LogP contribution in [0.4, 0.5) is 0 Å². The number of nitrogens with one attached hydrogen (secondary N) is 1. The average molecular weight is 234 g/mol. The van der Waals surface area contributed by atoms with Gasteiger partial charge in [-0.25, -0.2) is 5.43 Å². The van der Waals surface area contributed by atoms with Crippen LogP contribution < -0.4 is 5.43 Å². The van der Waals surface area contributed by atoms with Gasteiger partial charge < -0.3 is 5.11 Å². The van der Waals surface area contributed by atoms with Crippen molar-refractivity contribution in [2.75, 3.05) is 0 Å². The van der Waals surface area contributed by atoms with E-state index in [-0.39, 0.29) is 11.7 Å². The van der Waals surface area contributed by atoms with Crippen LogP contribution in [0.5, 0.6) is 5.75 Å². The molecule has 0 saturated heterocycles. The Labute approximate surface area is 101 Å². The summed E-state index contributed by atoms with van der Waals surface area (Å²) in [6.07, 6.45) is 6.04. The zero-order chi connectivity index (χ0) is 12.5. The number of phenolic OH excluding ortho intramolecular Hbond substituents is 1. The summed E-state index contributed by atoms with van der Waals surface area (Å²) >= 11 is 0. The number of carbonyl (C=O) groups is 1. The Morgan fingerprint density at radius 1 is 1.35 bits per heavy atom. The highest BCUT2D eigenvalue weighted by molar-refractivity contribution is 5.94. The summed E-state index contributed by atoms with van der Waals surface area (Å²) in [4.78, 5) is 11.5. The number of aromatic hydroxyl groups is 1. The van der Waals surface area contributed by atoms with Crippen molar-refractivity contribution in [3.8, 4) is 5.75 Å². The molecule has 92 valence electrons. The fourth-order valence-electron chi connectivity index (χ4n) is 1.33. The first kappa shape index (κ1) is 13.2. The third-order valence-corrected chi connectivity index (χ3v) is 2.32. The van der Waals surface area contributed by atoms with Crippen LogP contribution in [-0.2, 0) is 0 Å². The summed E-state index contributed by atoms with van der Waals surface area (Å²) in [7, 11) is 0. The number of benzene rings is 1. The van der Waals surface area contributed by atoms with E-state index in [9.17, 15) is 4.79 Å². The first-order valence-electron chi connectivity index (χ1n) is 5.85. The third kappa shape index (κ3) is 5.15. The molecule has 4 nitrogen and oxygen atoms in total. The lowest BCUT2D eigenvalue weighted by Crippen LogP contribution is -2.17. The topological polar surface area (TPSA) is 61.7 Å². The Bertz CT molecular complexity index is 372. The lowest BCUT2D eigenvalue weighted by Gasteiger charge is -1.99. The lowest BCUT2D eigenvalue weighted by atomic mass is 10.2. The Kier molecular flexibility index (Phi) is 5.79. The number of hydrazone groups is 1. The van der Waals surface area contributed by atoms with Crippen molar-refractivity contribution in [1.29, 1.82) is 0 Å². The van der Waals surface area contributed by atoms with E-state index in [0.717, 1.165) is 12.8 Å². The molecule has 2 N–H and O–H groups in total. The number of hydrogen-bond donors (Lipinski definition) is 2. The second-order valence-corrected chi connectivity index (χ2v) is 3.80. The van der Waals surface area contributed by atoms with E-state index in [2.05, 4.69) is 17.5 Å². The quantitative estimate of drug-likeness (QED) is 0.451. The smallest absolute Gasteiger partial charge is 0.271 e. The van der Waals surface area contributed by atoms with Crippen LogP contribution >= 0.6 is 0 Å². The van der Waals surface area contributed by atoms with Gasteiger partial charge in [-0.05, 0) is 37.1 Å². The predicted molar refractivity (Wildman–Crippen MR) is 68.2 cm³/mol. The first-order chi connectivity index (χ1) is 8.24. The first-order valence-corrected chi connectivity index (χ1v) is 5.85. The summed E-state index contributed by atoms with van der Waals surface area (Å²) in [6.45, 7) is 2.14. The summed E-state index contributed by atoms with van der Waals surface area (Å²) in [5.74, 6) is -0.124. The average Bonchev–Trinajstić information content (AvgIpc) is 2.34. The van der Waals surface area contributed by atoms with Gasteiger partial charge in [-0.15, -0.1) is 0 Å². The zero-order valence-corrected chi connectivity index (χ0v) is 10.0. The number of carbonyl (C=O) groups excluding carboxylic acids is 1. The minimum absolute atomic E-state index is 0.143. The highest BCUT2D eigenvalue weighted by Crippen LogP contribution is 2.09. The molecule has 17 heavy (non-hydrogen) atoms. The lowest BCUT2D eigenvalue weighted by molar-refractivity contribution is 0.0955. The maximum absolute atomic E-state index is 11.5. The molecule has 1 aromatic rings. The molecule has 0 atom stereocenters. The van der Waals surface area contributed by atoms with Crippen LogP contribution in [0.15, 0.2) is 29.4 Å². The molecular weight excluding hydrogens is 216 g/mol. The van der Waals surface area contributed by atoms with Gasteiger partial charge >= 0.3 is 0 Å². The number of unbranched alkanes of at least 4 members (excludes halogenated alkanes) is 3. The van der Waals surface area contributed by atoms with Crippen LogP contribution in [0.1, 0.15) is 43.0 Å². The SMILES string of the molecule is CCCCC/C=N/NC(=O)c1ccc(O)cc1. The normalized spacial score (nSPS) is 10.6. The van der Waals surface area contributed by atoms with Gasteiger partial charge in [0.1, 0.15) is 5.75 Å². The Hall–Kier alpha value is -1.84. The molecule has 0 saturated carbocycles. The molecule has 0 aliphatic rings. The molecule has 0 radical (unpaired) electrons. The van der Waals surface area contributed by atoms with Crippen molar-refractivity contribution >= 4 is 12.1 Å². The maximum Gasteiger partial charge on any atom is 0.271 e. The Morgan fingerprint density at radius 3 is 2.71 bits per heavy atom. The highest BCUT2D eigenvalue weighted by atomic mass is 16.3. The number of amides is 1. The molecule has 1 rings (SSSR count). The monoisotopic (exact) mass is 234 g/mol. The van der Waals surface area contributed by atoms with Crippen LogP contribution in [0.2, 0.25) is 0 Å². The van der Waals surface area contributed by atoms with Crippen molar-refractivity contribution in [3.05, 3.63) is 29.8 Å². The second-order valence-electron chi connectivity index (χ2n) is 3.80. The van der Waals surface area contributed by atoms with E-state index >= 15 is 0 Å². The van der Waals surface area contributed by atoms with E-state index < -0.39 is 0 Å². The zero-order valence-electron chi connectivity index (χ0n) is 10.0. The van der Waals surface area contributed by atoms with E-state index in [4.69, 9.17) is 5.11 Å². The van der Waals surface area contributed by atoms with Crippen molar-refractivity contribution in [3.63, 3.8) is 0 Å². The van der Waals surface area contributed by atoms with Gasteiger partial charge in [-0.3, -0.25) is 4.79 Å². The summed E-state index contributed by atoms with van der Waals surface area (Å²) < 4.78 is 0. The van der Waals surface area contributed by atoms with Crippen LogP contribution in [-0.4, -0.2) is 17.2 Å². The highest BCUT2D eigenvalue weighted by Gasteiger charge is 2.02. The van der Waals surface area contributed by atoms with E-state index in [1.807, 2.05) is 0 Å². The van der Waals surface area contributed by atoms with Crippen LogP contribution in [0, 0.1) is 0 Å². The van der Waals surface area contributed by atoms with Gasteiger partial charge in [0.05, 0.1) is 0 Å². The van der Waals surface area contributed by atoms with E-state index in [0.29, 0.717) is 5.56 Å². The summed E-state index contributed by atoms with van der Waals surface area (Å²) in [6, 6.07) is 6.05. The molecule has 0 bridgehead atoms. The van der Waals surface area contributed by atoms with Crippen LogP contribution in [0.25, 0.3) is 0 Å². The second kappa shape index (κ2) is 7.44. The van der Waals surface area contributed by atoms with Crippen molar-refractivity contribution in [2.24, 2.45) is 5.10 Å². The molecule has 4 heteroatoms.